The molecule has 4 nitrogen and oxygen atoms in total. The zero-order chi connectivity index (χ0) is 11.0. The average Bonchev–Trinajstić information content (AvgIpc) is 2.29. The van der Waals surface area contributed by atoms with E-state index in [-0.39, 0.29) is 12.1 Å². The van der Waals surface area contributed by atoms with Gasteiger partial charge in [-0.3, -0.25) is 4.98 Å². The molecule has 0 saturated carbocycles. The topological polar surface area (TPSA) is 54.4 Å². The Kier molecular flexibility index (Phi) is 2.42. The Labute approximate surface area is 94.7 Å². The molecule has 2 atom stereocenters. The lowest BCUT2D eigenvalue weighted by Gasteiger charge is -2.45. The Morgan fingerprint density at radius 1 is 1.38 bits per heavy atom. The molecule has 2 fully saturated rings. The summed E-state index contributed by atoms with van der Waals surface area (Å²) in [5.74, 6) is 0. The Hall–Kier alpha value is -0.970. The zero-order valence-electron chi connectivity index (χ0n) is 9.10. The van der Waals surface area contributed by atoms with Gasteiger partial charge < -0.3 is 15.2 Å². The van der Waals surface area contributed by atoms with Crippen LogP contribution in [0.2, 0.25) is 0 Å². The molecule has 4 heteroatoms. The number of ether oxygens (including phenoxy) is 1. The first-order chi connectivity index (χ1) is 7.76. The van der Waals surface area contributed by atoms with E-state index >= 15 is 0 Å². The first kappa shape index (κ1) is 10.2. The molecule has 0 spiro atoms. The number of nitrogens with one attached hydrogen (secondary N) is 1. The van der Waals surface area contributed by atoms with Crippen LogP contribution in [0.3, 0.4) is 0 Å². The molecular weight excluding hydrogens is 204 g/mol. The standard InChI is InChI=1S/C12H16N2O2/c15-12(9-2-1-3-13-6-9)4-10-7-16-8-11(5-12)14-10/h1-3,6,10-11,14-15H,4-5,7-8H2. The molecule has 2 N–H and O–H groups in total. The number of piperidine rings is 1. The van der Waals surface area contributed by atoms with Crippen molar-refractivity contribution in [2.24, 2.45) is 0 Å². The minimum Gasteiger partial charge on any atom is -0.385 e. The summed E-state index contributed by atoms with van der Waals surface area (Å²) in [6.07, 6.45) is 4.91. The lowest BCUT2D eigenvalue weighted by atomic mass is 9.79. The summed E-state index contributed by atoms with van der Waals surface area (Å²) in [7, 11) is 0. The van der Waals surface area contributed by atoms with Crippen molar-refractivity contribution < 1.29 is 9.84 Å². The molecule has 86 valence electrons. The van der Waals surface area contributed by atoms with Crippen LogP contribution >= 0.6 is 0 Å². The van der Waals surface area contributed by atoms with Gasteiger partial charge in [0.05, 0.1) is 18.8 Å². The van der Waals surface area contributed by atoms with Crippen LogP contribution in [0.1, 0.15) is 18.4 Å². The highest BCUT2D eigenvalue weighted by Gasteiger charge is 2.42. The van der Waals surface area contributed by atoms with Crippen molar-refractivity contribution in [1.29, 1.82) is 0 Å². The molecule has 0 amide bonds. The number of pyridine rings is 1. The molecule has 0 radical (unpaired) electrons. The van der Waals surface area contributed by atoms with Crippen molar-refractivity contribution in [3.05, 3.63) is 30.1 Å². The van der Waals surface area contributed by atoms with Crippen molar-refractivity contribution in [3.63, 3.8) is 0 Å². The molecule has 0 aromatic carbocycles. The molecule has 16 heavy (non-hydrogen) atoms. The van der Waals surface area contributed by atoms with E-state index in [1.165, 1.54) is 0 Å². The number of aliphatic hydroxyl groups is 1. The molecular formula is C12H16N2O2. The van der Waals surface area contributed by atoms with E-state index in [0.717, 1.165) is 5.56 Å². The summed E-state index contributed by atoms with van der Waals surface area (Å²) >= 11 is 0. The number of rotatable bonds is 1. The van der Waals surface area contributed by atoms with Gasteiger partial charge in [0.25, 0.3) is 0 Å². The monoisotopic (exact) mass is 220 g/mol. The van der Waals surface area contributed by atoms with Gasteiger partial charge in [0, 0.05) is 30.0 Å². The van der Waals surface area contributed by atoms with Crippen LogP contribution in [0.4, 0.5) is 0 Å². The Balaban J connectivity index is 1.88. The van der Waals surface area contributed by atoms with Crippen LogP contribution in [0.15, 0.2) is 24.5 Å². The molecule has 1 aromatic rings. The van der Waals surface area contributed by atoms with Crippen molar-refractivity contribution in [1.82, 2.24) is 10.3 Å². The minimum atomic E-state index is -0.737. The Morgan fingerprint density at radius 3 is 2.75 bits per heavy atom. The number of hydrogen-bond acceptors (Lipinski definition) is 4. The van der Waals surface area contributed by atoms with Gasteiger partial charge in [-0.1, -0.05) is 6.07 Å². The molecule has 3 heterocycles. The van der Waals surface area contributed by atoms with E-state index in [0.29, 0.717) is 26.1 Å². The highest BCUT2D eigenvalue weighted by Crippen LogP contribution is 2.36. The maximum atomic E-state index is 10.7. The van der Waals surface area contributed by atoms with Gasteiger partial charge in [-0.2, -0.15) is 0 Å². The molecule has 2 aliphatic heterocycles. The van der Waals surface area contributed by atoms with Gasteiger partial charge in [-0.05, 0) is 18.9 Å². The van der Waals surface area contributed by atoms with Crippen LogP contribution in [0, 0.1) is 0 Å². The number of morpholine rings is 1. The Morgan fingerprint density at radius 2 is 2.12 bits per heavy atom. The third-order valence-corrected chi connectivity index (χ3v) is 3.48. The largest absolute Gasteiger partial charge is 0.385 e. The van der Waals surface area contributed by atoms with E-state index in [1.807, 2.05) is 12.1 Å². The zero-order valence-corrected chi connectivity index (χ0v) is 9.10. The van der Waals surface area contributed by atoms with Crippen LogP contribution in [-0.4, -0.2) is 35.4 Å². The fourth-order valence-corrected chi connectivity index (χ4v) is 2.79. The third kappa shape index (κ3) is 1.73. The second-order valence-corrected chi connectivity index (χ2v) is 4.78. The number of hydrogen-bond donors (Lipinski definition) is 2. The fraction of sp³-hybridized carbons (Fsp3) is 0.583. The summed E-state index contributed by atoms with van der Waals surface area (Å²) in [4.78, 5) is 4.09. The SMILES string of the molecule is OC1(c2cccnc2)CC2COCC(C1)N2. The summed E-state index contributed by atoms with van der Waals surface area (Å²) in [6.45, 7) is 1.39. The predicted molar refractivity (Wildman–Crippen MR) is 58.9 cm³/mol. The normalized spacial score (nSPS) is 38.3. The van der Waals surface area contributed by atoms with Crippen LogP contribution < -0.4 is 5.32 Å². The fourth-order valence-electron chi connectivity index (χ4n) is 2.79. The molecule has 1 aromatic heterocycles. The van der Waals surface area contributed by atoms with Crippen molar-refractivity contribution in [2.75, 3.05) is 13.2 Å². The van der Waals surface area contributed by atoms with E-state index in [1.54, 1.807) is 12.4 Å². The van der Waals surface area contributed by atoms with Gasteiger partial charge in [-0.25, -0.2) is 0 Å². The maximum absolute atomic E-state index is 10.7. The smallest absolute Gasteiger partial charge is 0.0942 e. The number of aromatic nitrogens is 1. The van der Waals surface area contributed by atoms with Gasteiger partial charge in [-0.15, -0.1) is 0 Å². The lowest BCUT2D eigenvalue weighted by Crippen LogP contribution is -2.58. The molecule has 2 bridgehead atoms. The molecule has 0 aliphatic carbocycles. The second kappa shape index (κ2) is 3.80. The van der Waals surface area contributed by atoms with E-state index < -0.39 is 5.60 Å². The highest BCUT2D eigenvalue weighted by atomic mass is 16.5. The summed E-state index contributed by atoms with van der Waals surface area (Å²) in [5.41, 5.74) is 0.187. The van der Waals surface area contributed by atoms with E-state index in [2.05, 4.69) is 10.3 Å². The maximum Gasteiger partial charge on any atom is 0.0942 e. The average molecular weight is 220 g/mol. The minimum absolute atomic E-state index is 0.262. The summed E-state index contributed by atoms with van der Waals surface area (Å²) < 4.78 is 5.48. The number of fused-ring (bicyclic) bond motifs is 2. The van der Waals surface area contributed by atoms with E-state index in [9.17, 15) is 5.11 Å². The predicted octanol–water partition coefficient (Wildman–Crippen LogP) is 0.420. The quantitative estimate of drug-likeness (QED) is 0.720. The van der Waals surface area contributed by atoms with Crippen molar-refractivity contribution >= 4 is 0 Å². The first-order valence-corrected chi connectivity index (χ1v) is 5.73. The molecule has 2 saturated heterocycles. The van der Waals surface area contributed by atoms with Crippen LogP contribution in [0.25, 0.3) is 0 Å². The van der Waals surface area contributed by atoms with Crippen molar-refractivity contribution in [3.8, 4) is 0 Å². The Bertz CT molecular complexity index is 357. The van der Waals surface area contributed by atoms with Gasteiger partial charge in [0.15, 0.2) is 0 Å². The van der Waals surface area contributed by atoms with Crippen molar-refractivity contribution in [2.45, 2.75) is 30.5 Å². The number of nitrogens with zero attached hydrogens (tertiary/aromatic N) is 1. The second-order valence-electron chi connectivity index (χ2n) is 4.78. The summed E-state index contributed by atoms with van der Waals surface area (Å²) in [5, 5.41) is 14.2. The highest BCUT2D eigenvalue weighted by molar-refractivity contribution is 5.20. The summed E-state index contributed by atoms with van der Waals surface area (Å²) in [6, 6.07) is 4.35. The molecule has 2 aliphatic rings. The lowest BCUT2D eigenvalue weighted by molar-refractivity contribution is -0.0803. The molecule has 3 rings (SSSR count). The van der Waals surface area contributed by atoms with Crippen LogP contribution in [-0.2, 0) is 10.3 Å². The van der Waals surface area contributed by atoms with Crippen LogP contribution in [0.5, 0.6) is 0 Å². The van der Waals surface area contributed by atoms with E-state index in [4.69, 9.17) is 4.74 Å². The van der Waals surface area contributed by atoms with Gasteiger partial charge in [0.1, 0.15) is 0 Å². The van der Waals surface area contributed by atoms with Gasteiger partial charge >= 0.3 is 0 Å². The van der Waals surface area contributed by atoms with Gasteiger partial charge in [0.2, 0.25) is 0 Å². The third-order valence-electron chi connectivity index (χ3n) is 3.48. The first-order valence-electron chi connectivity index (χ1n) is 5.73. The molecule has 2 unspecified atom stereocenters.